The molecule has 0 bridgehead atoms. The van der Waals surface area contributed by atoms with Gasteiger partial charge in [-0.25, -0.2) is 9.97 Å². The largest absolute Gasteiger partial charge is 0.345 e. The summed E-state index contributed by atoms with van der Waals surface area (Å²) in [5.74, 6) is 0.868. The lowest BCUT2D eigenvalue weighted by molar-refractivity contribution is -0.129. The Balaban J connectivity index is 1.66. The van der Waals surface area contributed by atoms with Crippen LogP contribution in [0.15, 0.2) is 30.1 Å². The highest BCUT2D eigenvalue weighted by Crippen LogP contribution is 2.38. The SMILES string of the molecule is CC(C)=C[C@]1(C)C=Cc2[nH]nc(-c3cc(N4CCN(C)C(=O)C4)ncn3)c2C1. The predicted octanol–water partition coefficient (Wildman–Crippen LogP) is 2.69. The Morgan fingerprint density at radius 1 is 1.29 bits per heavy atom. The molecule has 1 atom stereocenters. The van der Waals surface area contributed by atoms with Gasteiger partial charge in [-0.15, -0.1) is 0 Å². The van der Waals surface area contributed by atoms with Crippen molar-refractivity contribution in [3.8, 4) is 11.4 Å². The monoisotopic (exact) mass is 378 g/mol. The summed E-state index contributed by atoms with van der Waals surface area (Å²) in [5, 5.41) is 7.68. The number of allylic oxidation sites excluding steroid dienone is 3. The van der Waals surface area contributed by atoms with Crippen LogP contribution in [0.3, 0.4) is 0 Å². The number of nitrogens with zero attached hydrogens (tertiary/aromatic N) is 5. The van der Waals surface area contributed by atoms with Gasteiger partial charge in [-0.3, -0.25) is 9.89 Å². The van der Waals surface area contributed by atoms with Gasteiger partial charge in [-0.05, 0) is 26.3 Å². The maximum absolute atomic E-state index is 12.1. The van der Waals surface area contributed by atoms with Gasteiger partial charge >= 0.3 is 0 Å². The van der Waals surface area contributed by atoms with Crippen LogP contribution in [0.2, 0.25) is 0 Å². The molecule has 0 spiro atoms. The Hall–Kier alpha value is -2.96. The molecule has 1 N–H and O–H groups in total. The third-order valence-corrected chi connectivity index (χ3v) is 5.38. The number of carbonyl (C=O) groups excluding carboxylic acids is 1. The van der Waals surface area contributed by atoms with Gasteiger partial charge < -0.3 is 9.80 Å². The van der Waals surface area contributed by atoms with Gasteiger partial charge in [-0.1, -0.05) is 24.6 Å². The number of fused-ring (bicyclic) bond motifs is 1. The van der Waals surface area contributed by atoms with Crippen molar-refractivity contribution in [1.82, 2.24) is 25.1 Å². The number of rotatable bonds is 3. The average molecular weight is 378 g/mol. The maximum Gasteiger partial charge on any atom is 0.241 e. The van der Waals surface area contributed by atoms with Crippen molar-refractivity contribution >= 4 is 17.8 Å². The van der Waals surface area contributed by atoms with E-state index in [-0.39, 0.29) is 11.3 Å². The Bertz CT molecular complexity index is 971. The minimum Gasteiger partial charge on any atom is -0.345 e. The molecule has 1 aliphatic carbocycles. The van der Waals surface area contributed by atoms with Crippen molar-refractivity contribution in [2.24, 2.45) is 5.41 Å². The first kappa shape index (κ1) is 18.4. The molecule has 0 unspecified atom stereocenters. The molecule has 7 nitrogen and oxygen atoms in total. The highest BCUT2D eigenvalue weighted by molar-refractivity contribution is 5.82. The molecular formula is C21H26N6O. The second-order valence-corrected chi connectivity index (χ2v) is 8.20. The van der Waals surface area contributed by atoms with E-state index in [9.17, 15) is 4.79 Å². The molecule has 0 aromatic carbocycles. The number of anilines is 1. The van der Waals surface area contributed by atoms with Crippen LogP contribution in [0, 0.1) is 5.41 Å². The van der Waals surface area contributed by atoms with Crippen LogP contribution in [-0.4, -0.2) is 57.7 Å². The van der Waals surface area contributed by atoms with Gasteiger partial charge in [-0.2, -0.15) is 5.10 Å². The quantitative estimate of drug-likeness (QED) is 0.831. The zero-order valence-electron chi connectivity index (χ0n) is 16.9. The number of amides is 1. The number of hydrogen-bond donors (Lipinski definition) is 1. The van der Waals surface area contributed by atoms with Crippen LogP contribution in [0.4, 0.5) is 5.82 Å². The number of carbonyl (C=O) groups is 1. The van der Waals surface area contributed by atoms with E-state index in [2.05, 4.69) is 59.2 Å². The van der Waals surface area contributed by atoms with E-state index < -0.39 is 0 Å². The molecule has 3 heterocycles. The predicted molar refractivity (Wildman–Crippen MR) is 110 cm³/mol. The summed E-state index contributed by atoms with van der Waals surface area (Å²) in [4.78, 5) is 24.7. The summed E-state index contributed by atoms with van der Waals surface area (Å²) >= 11 is 0. The van der Waals surface area contributed by atoms with Gasteiger partial charge in [0, 0.05) is 37.2 Å². The third-order valence-electron chi connectivity index (χ3n) is 5.38. The van der Waals surface area contributed by atoms with Crippen molar-refractivity contribution in [2.45, 2.75) is 27.2 Å². The lowest BCUT2D eigenvalue weighted by Gasteiger charge is -2.32. The van der Waals surface area contributed by atoms with E-state index >= 15 is 0 Å². The van der Waals surface area contributed by atoms with Gasteiger partial charge in [0.05, 0.1) is 17.9 Å². The molecule has 146 valence electrons. The van der Waals surface area contributed by atoms with E-state index in [1.54, 1.807) is 11.2 Å². The number of aromatic amines is 1. The van der Waals surface area contributed by atoms with Gasteiger partial charge in [0.15, 0.2) is 0 Å². The molecule has 28 heavy (non-hydrogen) atoms. The van der Waals surface area contributed by atoms with Crippen molar-refractivity contribution in [2.75, 3.05) is 31.6 Å². The molecule has 2 aromatic heterocycles. The van der Waals surface area contributed by atoms with Crippen LogP contribution < -0.4 is 4.90 Å². The van der Waals surface area contributed by atoms with Crippen LogP contribution in [-0.2, 0) is 11.2 Å². The zero-order valence-corrected chi connectivity index (χ0v) is 16.9. The summed E-state index contributed by atoms with van der Waals surface area (Å²) in [7, 11) is 1.83. The molecule has 7 heteroatoms. The normalized spacial score (nSPS) is 21.6. The van der Waals surface area contributed by atoms with E-state index in [0.29, 0.717) is 13.1 Å². The minimum absolute atomic E-state index is 0.0375. The zero-order chi connectivity index (χ0) is 19.9. The van der Waals surface area contributed by atoms with Crippen LogP contribution in [0.5, 0.6) is 0 Å². The number of piperazine rings is 1. The number of likely N-dealkylation sites (N-methyl/N-ethyl adjacent to an activating group) is 1. The van der Waals surface area contributed by atoms with Crippen molar-refractivity contribution in [3.63, 3.8) is 0 Å². The van der Waals surface area contributed by atoms with Gasteiger partial charge in [0.1, 0.15) is 17.8 Å². The topological polar surface area (TPSA) is 78.0 Å². The van der Waals surface area contributed by atoms with Gasteiger partial charge in [0.2, 0.25) is 5.91 Å². The second-order valence-electron chi connectivity index (χ2n) is 8.20. The molecular weight excluding hydrogens is 352 g/mol. The Morgan fingerprint density at radius 2 is 2.11 bits per heavy atom. The summed E-state index contributed by atoms with van der Waals surface area (Å²) in [5.41, 5.74) is 5.10. The molecule has 2 aromatic rings. The van der Waals surface area contributed by atoms with Gasteiger partial charge in [0.25, 0.3) is 0 Å². The van der Waals surface area contributed by atoms with Crippen LogP contribution in [0.25, 0.3) is 17.5 Å². The summed E-state index contributed by atoms with van der Waals surface area (Å²) in [6.07, 6.45) is 9.05. The summed E-state index contributed by atoms with van der Waals surface area (Å²) < 4.78 is 0. The number of aromatic nitrogens is 4. The fraction of sp³-hybridized carbons (Fsp3) is 0.429. The van der Waals surface area contributed by atoms with Crippen molar-refractivity contribution in [1.29, 1.82) is 0 Å². The first-order valence-corrected chi connectivity index (χ1v) is 9.58. The van der Waals surface area contributed by atoms with E-state index in [1.807, 2.05) is 18.0 Å². The Kier molecular flexibility index (Phi) is 4.53. The standard InChI is InChI=1S/C21H26N6O/c1-14(2)10-21(3)6-5-16-15(11-21)20(25-24-16)17-9-18(23-13-22-17)27-8-7-26(4)19(28)12-27/h5-6,9-10,13H,7-8,11-12H2,1-4H3,(H,24,25)/t21-/m0/s1. The third kappa shape index (κ3) is 3.44. The number of H-pyrrole nitrogens is 1. The van der Waals surface area contributed by atoms with E-state index in [0.717, 1.165) is 35.9 Å². The number of hydrogen-bond acceptors (Lipinski definition) is 5. The molecule has 0 radical (unpaired) electrons. The lowest BCUT2D eigenvalue weighted by atomic mass is 9.77. The number of nitrogens with one attached hydrogen (secondary N) is 1. The maximum atomic E-state index is 12.1. The summed E-state index contributed by atoms with van der Waals surface area (Å²) in [6, 6.07) is 1.94. The second kappa shape index (κ2) is 6.89. The lowest BCUT2D eigenvalue weighted by Crippen LogP contribution is -2.48. The average Bonchev–Trinajstić information content (AvgIpc) is 3.05. The minimum atomic E-state index is -0.0375. The molecule has 4 rings (SSSR count). The highest BCUT2D eigenvalue weighted by Gasteiger charge is 2.29. The fourth-order valence-corrected chi connectivity index (χ4v) is 3.98. The molecule has 2 aliphatic rings. The first-order valence-electron chi connectivity index (χ1n) is 9.58. The Morgan fingerprint density at radius 3 is 2.86 bits per heavy atom. The van der Waals surface area contributed by atoms with Crippen molar-refractivity contribution < 1.29 is 4.79 Å². The van der Waals surface area contributed by atoms with E-state index in [1.165, 1.54) is 11.1 Å². The molecule has 1 fully saturated rings. The van der Waals surface area contributed by atoms with E-state index in [4.69, 9.17) is 0 Å². The molecule has 1 aliphatic heterocycles. The molecule has 1 saturated heterocycles. The molecule has 1 amide bonds. The van der Waals surface area contributed by atoms with Crippen LogP contribution >= 0.6 is 0 Å². The fourth-order valence-electron chi connectivity index (χ4n) is 3.98. The molecule has 0 saturated carbocycles. The highest BCUT2D eigenvalue weighted by atomic mass is 16.2. The summed E-state index contributed by atoms with van der Waals surface area (Å²) in [6.45, 7) is 8.28. The first-order chi connectivity index (χ1) is 13.3. The smallest absolute Gasteiger partial charge is 0.241 e. The van der Waals surface area contributed by atoms with Crippen LogP contribution in [0.1, 0.15) is 32.0 Å². The van der Waals surface area contributed by atoms with Crippen molar-refractivity contribution in [3.05, 3.63) is 41.4 Å². The Labute approximate surface area is 165 Å².